The Bertz CT molecular complexity index is 310. The van der Waals surface area contributed by atoms with E-state index in [9.17, 15) is 9.59 Å². The molecule has 0 aromatic heterocycles. The van der Waals surface area contributed by atoms with Crippen LogP contribution in [0.3, 0.4) is 0 Å². The molecule has 6 heteroatoms. The van der Waals surface area contributed by atoms with Gasteiger partial charge in [0.2, 0.25) is 0 Å². The molecule has 0 radical (unpaired) electrons. The standard InChI is InChI=1S/C12H21NO5/c1-12(2,3)18-11(15)13-6-5-7-17-8-9(13)10(14)16-4/h9H,5-8H2,1-4H3/t9-/m0/s1. The predicted octanol–water partition coefficient (Wildman–Crippen LogP) is 1.19. The second kappa shape index (κ2) is 6.04. The summed E-state index contributed by atoms with van der Waals surface area (Å²) in [7, 11) is 1.29. The Morgan fingerprint density at radius 2 is 2.00 bits per heavy atom. The molecule has 1 amide bonds. The monoisotopic (exact) mass is 259 g/mol. The van der Waals surface area contributed by atoms with Crippen molar-refractivity contribution in [2.45, 2.75) is 38.8 Å². The molecule has 104 valence electrons. The van der Waals surface area contributed by atoms with Gasteiger partial charge < -0.3 is 14.2 Å². The Morgan fingerprint density at radius 3 is 2.56 bits per heavy atom. The van der Waals surface area contributed by atoms with Crippen LogP contribution in [-0.2, 0) is 19.0 Å². The minimum absolute atomic E-state index is 0.145. The lowest BCUT2D eigenvalue weighted by molar-refractivity contribution is -0.148. The van der Waals surface area contributed by atoms with Crippen LogP contribution in [0, 0.1) is 0 Å². The summed E-state index contributed by atoms with van der Waals surface area (Å²) in [5, 5.41) is 0. The SMILES string of the molecule is COC(=O)[C@@H]1COCCCN1C(=O)OC(C)(C)C. The second-order valence-corrected chi connectivity index (χ2v) is 5.14. The van der Waals surface area contributed by atoms with Crippen molar-refractivity contribution in [1.29, 1.82) is 0 Å². The molecule has 0 saturated carbocycles. The third-order valence-electron chi connectivity index (χ3n) is 2.44. The number of amides is 1. The number of hydrogen-bond donors (Lipinski definition) is 0. The summed E-state index contributed by atoms with van der Waals surface area (Å²) < 4.78 is 15.3. The fourth-order valence-electron chi connectivity index (χ4n) is 1.65. The Kier molecular flexibility index (Phi) is 4.95. The largest absolute Gasteiger partial charge is 0.467 e. The second-order valence-electron chi connectivity index (χ2n) is 5.14. The van der Waals surface area contributed by atoms with Crippen LogP contribution >= 0.6 is 0 Å². The molecule has 1 atom stereocenters. The van der Waals surface area contributed by atoms with Gasteiger partial charge in [0.1, 0.15) is 5.60 Å². The average molecular weight is 259 g/mol. The molecule has 0 spiro atoms. The first-order valence-corrected chi connectivity index (χ1v) is 6.00. The van der Waals surface area contributed by atoms with Crippen molar-refractivity contribution in [2.24, 2.45) is 0 Å². The van der Waals surface area contributed by atoms with Crippen LogP contribution in [0.2, 0.25) is 0 Å². The van der Waals surface area contributed by atoms with Crippen molar-refractivity contribution in [3.05, 3.63) is 0 Å². The number of rotatable bonds is 1. The Hall–Kier alpha value is -1.30. The van der Waals surface area contributed by atoms with Crippen molar-refractivity contribution in [3.63, 3.8) is 0 Å². The molecule has 0 aliphatic carbocycles. The van der Waals surface area contributed by atoms with Crippen molar-refractivity contribution < 1.29 is 23.8 Å². The molecule has 6 nitrogen and oxygen atoms in total. The molecular formula is C12H21NO5. The van der Waals surface area contributed by atoms with Gasteiger partial charge in [-0.1, -0.05) is 0 Å². The number of nitrogens with zero attached hydrogens (tertiary/aromatic N) is 1. The van der Waals surface area contributed by atoms with Crippen molar-refractivity contribution >= 4 is 12.1 Å². The summed E-state index contributed by atoms with van der Waals surface area (Å²) in [4.78, 5) is 25.1. The molecule has 18 heavy (non-hydrogen) atoms. The van der Waals surface area contributed by atoms with E-state index in [1.807, 2.05) is 0 Å². The number of ether oxygens (including phenoxy) is 3. The maximum absolute atomic E-state index is 12.0. The summed E-state index contributed by atoms with van der Waals surface area (Å²) in [5.74, 6) is -0.484. The van der Waals surface area contributed by atoms with E-state index >= 15 is 0 Å². The van der Waals surface area contributed by atoms with Gasteiger partial charge in [-0.3, -0.25) is 4.90 Å². The van der Waals surface area contributed by atoms with E-state index < -0.39 is 23.7 Å². The molecule has 1 heterocycles. The zero-order valence-corrected chi connectivity index (χ0v) is 11.4. The number of hydrogen-bond acceptors (Lipinski definition) is 5. The first kappa shape index (κ1) is 14.8. The van der Waals surface area contributed by atoms with E-state index in [1.54, 1.807) is 20.8 Å². The van der Waals surface area contributed by atoms with Crippen LogP contribution in [-0.4, -0.2) is 55.5 Å². The van der Waals surface area contributed by atoms with Gasteiger partial charge in [-0.05, 0) is 27.2 Å². The van der Waals surface area contributed by atoms with Crippen molar-refractivity contribution in [1.82, 2.24) is 4.90 Å². The first-order valence-electron chi connectivity index (χ1n) is 6.00. The van der Waals surface area contributed by atoms with Gasteiger partial charge in [0.25, 0.3) is 0 Å². The summed E-state index contributed by atoms with van der Waals surface area (Å²) in [6.45, 7) is 6.44. The number of carbonyl (C=O) groups is 2. The highest BCUT2D eigenvalue weighted by Crippen LogP contribution is 2.15. The van der Waals surface area contributed by atoms with Crippen LogP contribution in [0.15, 0.2) is 0 Å². The van der Waals surface area contributed by atoms with Gasteiger partial charge in [-0.15, -0.1) is 0 Å². The third-order valence-corrected chi connectivity index (χ3v) is 2.44. The molecular weight excluding hydrogens is 238 g/mol. The minimum Gasteiger partial charge on any atom is -0.467 e. The van der Waals surface area contributed by atoms with E-state index in [1.165, 1.54) is 12.0 Å². The summed E-state index contributed by atoms with van der Waals surface area (Å²) in [6, 6.07) is -0.729. The van der Waals surface area contributed by atoms with Crippen LogP contribution in [0.4, 0.5) is 4.79 Å². The predicted molar refractivity (Wildman–Crippen MR) is 64.2 cm³/mol. The van der Waals surface area contributed by atoms with Gasteiger partial charge in [-0.2, -0.15) is 0 Å². The van der Waals surface area contributed by atoms with Gasteiger partial charge in [0, 0.05) is 13.2 Å². The fraction of sp³-hybridized carbons (Fsp3) is 0.833. The molecule has 0 unspecified atom stereocenters. The average Bonchev–Trinajstić information content (AvgIpc) is 2.50. The highest BCUT2D eigenvalue weighted by Gasteiger charge is 2.34. The zero-order chi connectivity index (χ0) is 13.8. The molecule has 0 bridgehead atoms. The van der Waals surface area contributed by atoms with Gasteiger partial charge in [0.15, 0.2) is 6.04 Å². The first-order chi connectivity index (χ1) is 8.35. The molecule has 0 aromatic carbocycles. The molecule has 0 aromatic rings. The highest BCUT2D eigenvalue weighted by molar-refractivity contribution is 5.81. The lowest BCUT2D eigenvalue weighted by Gasteiger charge is -2.30. The van der Waals surface area contributed by atoms with E-state index in [4.69, 9.17) is 9.47 Å². The Labute approximate surface area is 107 Å². The summed E-state index contributed by atoms with van der Waals surface area (Å²) in [5.41, 5.74) is -0.592. The normalized spacial score (nSPS) is 21.1. The van der Waals surface area contributed by atoms with E-state index in [0.29, 0.717) is 19.6 Å². The number of methoxy groups -OCH3 is 1. The Morgan fingerprint density at radius 1 is 1.33 bits per heavy atom. The topological polar surface area (TPSA) is 65.1 Å². The van der Waals surface area contributed by atoms with Crippen molar-refractivity contribution in [2.75, 3.05) is 26.9 Å². The minimum atomic E-state index is -0.729. The third kappa shape index (κ3) is 4.18. The lowest BCUT2D eigenvalue weighted by Crippen LogP contribution is -2.49. The van der Waals surface area contributed by atoms with Gasteiger partial charge >= 0.3 is 12.1 Å². The van der Waals surface area contributed by atoms with Crippen LogP contribution < -0.4 is 0 Å². The van der Waals surface area contributed by atoms with Crippen LogP contribution in [0.25, 0.3) is 0 Å². The zero-order valence-electron chi connectivity index (χ0n) is 11.4. The lowest BCUT2D eigenvalue weighted by atomic mass is 10.2. The highest BCUT2D eigenvalue weighted by atomic mass is 16.6. The van der Waals surface area contributed by atoms with E-state index in [0.717, 1.165) is 0 Å². The van der Waals surface area contributed by atoms with E-state index in [2.05, 4.69) is 4.74 Å². The van der Waals surface area contributed by atoms with E-state index in [-0.39, 0.29) is 6.61 Å². The molecule has 1 saturated heterocycles. The molecule has 0 N–H and O–H groups in total. The molecule has 1 fully saturated rings. The molecule has 1 rings (SSSR count). The molecule has 1 aliphatic heterocycles. The van der Waals surface area contributed by atoms with Crippen molar-refractivity contribution in [3.8, 4) is 0 Å². The van der Waals surface area contributed by atoms with Crippen LogP contribution in [0.5, 0.6) is 0 Å². The fourth-order valence-corrected chi connectivity index (χ4v) is 1.65. The summed E-state index contributed by atoms with van der Waals surface area (Å²) >= 11 is 0. The number of esters is 1. The number of carbonyl (C=O) groups excluding carboxylic acids is 2. The maximum atomic E-state index is 12.0. The maximum Gasteiger partial charge on any atom is 0.411 e. The van der Waals surface area contributed by atoms with Gasteiger partial charge in [-0.25, -0.2) is 9.59 Å². The van der Waals surface area contributed by atoms with Gasteiger partial charge in [0.05, 0.1) is 13.7 Å². The Balaban J connectivity index is 2.79. The molecule has 1 aliphatic rings. The quantitative estimate of drug-likeness (QED) is 0.662. The van der Waals surface area contributed by atoms with Crippen LogP contribution in [0.1, 0.15) is 27.2 Å². The summed E-state index contributed by atoms with van der Waals surface area (Å²) in [6.07, 6.45) is 0.163. The smallest absolute Gasteiger partial charge is 0.411 e.